The lowest BCUT2D eigenvalue weighted by Gasteiger charge is -2.24. The number of halogens is 7. The van der Waals surface area contributed by atoms with Crippen molar-refractivity contribution in [3.05, 3.63) is 29.3 Å². The Morgan fingerprint density at radius 3 is 2.07 bits per heavy atom. The maximum atomic E-state index is 13.0. The molecule has 0 heterocycles. The lowest BCUT2D eigenvalue weighted by molar-refractivity contribution is -0.143. The fourth-order valence-corrected chi connectivity index (χ4v) is 4.27. The quantitative estimate of drug-likeness (QED) is 0.274. The molecule has 0 radical (unpaired) electrons. The normalized spacial score (nSPS) is 25.4. The van der Waals surface area contributed by atoms with E-state index in [2.05, 4.69) is 6.92 Å². The molecule has 2 nitrogen and oxygen atoms in total. The maximum Gasteiger partial charge on any atom is 0.416 e. The van der Waals surface area contributed by atoms with E-state index in [1.54, 1.807) is 0 Å². The van der Waals surface area contributed by atoms with E-state index >= 15 is 0 Å². The number of aliphatic hydroxyl groups excluding tert-OH is 1. The molecule has 0 bridgehead atoms. The summed E-state index contributed by atoms with van der Waals surface area (Å²) in [5.41, 5.74) is -2.86. The van der Waals surface area contributed by atoms with E-state index in [1.807, 2.05) is 0 Å². The largest absolute Gasteiger partial charge is 0.493 e. The molecule has 2 rings (SSSR count). The molecule has 1 aromatic carbocycles. The average Bonchev–Trinajstić information content (AvgIpc) is 2.88. The molecule has 0 aliphatic heterocycles. The standard InChI is InChI=1S/C20H25ClF6O2/c1-2-3-4-5-6-15-16(18(28)10-17(15)21)11-29-14-8-12(19(22,23)24)7-13(9-14)20(25,26)27/h7-9,15-18,28H,2-6,10-11H2,1H3/t15-,16-,17-,18-/m1/s1. The van der Waals surface area contributed by atoms with Gasteiger partial charge in [0.05, 0.1) is 23.8 Å². The molecule has 0 spiro atoms. The van der Waals surface area contributed by atoms with Crippen molar-refractivity contribution in [1.82, 2.24) is 0 Å². The SMILES string of the molecule is CCCCCC[C@@H]1[C@@H](COc2cc(C(F)(F)F)cc(C(F)(F)F)c2)[C@H](O)C[C@H]1Cl. The molecule has 166 valence electrons. The molecule has 1 fully saturated rings. The fourth-order valence-electron chi connectivity index (χ4n) is 3.77. The van der Waals surface area contributed by atoms with Crippen LogP contribution in [0.4, 0.5) is 26.3 Å². The van der Waals surface area contributed by atoms with Crippen LogP contribution < -0.4 is 4.74 Å². The number of hydrogen-bond acceptors (Lipinski definition) is 2. The van der Waals surface area contributed by atoms with Gasteiger partial charge in [0.1, 0.15) is 5.75 Å². The first-order valence-corrected chi connectivity index (χ1v) is 10.1. The van der Waals surface area contributed by atoms with E-state index in [-0.39, 0.29) is 24.0 Å². The zero-order chi connectivity index (χ0) is 21.8. The smallest absolute Gasteiger partial charge is 0.416 e. The molecule has 1 aliphatic rings. The van der Waals surface area contributed by atoms with Crippen molar-refractivity contribution in [2.45, 2.75) is 69.3 Å². The highest BCUT2D eigenvalue weighted by atomic mass is 35.5. The van der Waals surface area contributed by atoms with Crippen LogP contribution in [0.5, 0.6) is 5.75 Å². The zero-order valence-electron chi connectivity index (χ0n) is 16.0. The second kappa shape index (κ2) is 9.77. The molecule has 0 aromatic heterocycles. The van der Waals surface area contributed by atoms with Crippen molar-refractivity contribution < 1.29 is 36.2 Å². The van der Waals surface area contributed by atoms with Gasteiger partial charge in [-0.25, -0.2) is 0 Å². The van der Waals surface area contributed by atoms with E-state index < -0.39 is 41.3 Å². The summed E-state index contributed by atoms with van der Waals surface area (Å²) in [4.78, 5) is 0. The minimum absolute atomic E-state index is 0.0581. The summed E-state index contributed by atoms with van der Waals surface area (Å²) in [5.74, 6) is -1.07. The van der Waals surface area contributed by atoms with E-state index in [1.165, 1.54) is 0 Å². The van der Waals surface area contributed by atoms with Crippen LogP contribution in [0.15, 0.2) is 18.2 Å². The van der Waals surface area contributed by atoms with Crippen LogP contribution >= 0.6 is 11.6 Å². The van der Waals surface area contributed by atoms with Gasteiger partial charge >= 0.3 is 12.4 Å². The number of rotatable bonds is 8. The zero-order valence-corrected chi connectivity index (χ0v) is 16.7. The average molecular weight is 447 g/mol. The summed E-state index contributed by atoms with van der Waals surface area (Å²) in [5, 5.41) is 9.96. The van der Waals surface area contributed by atoms with Gasteiger partial charge in [0, 0.05) is 11.3 Å². The van der Waals surface area contributed by atoms with Gasteiger partial charge in [0.15, 0.2) is 0 Å². The Hall–Kier alpha value is -1.15. The first kappa shape index (κ1) is 24.1. The van der Waals surface area contributed by atoms with Gasteiger partial charge in [-0.2, -0.15) is 26.3 Å². The van der Waals surface area contributed by atoms with Crippen LogP contribution in [0.25, 0.3) is 0 Å². The molecular weight excluding hydrogens is 422 g/mol. The highest BCUT2D eigenvalue weighted by Gasteiger charge is 2.42. The summed E-state index contributed by atoms with van der Waals surface area (Å²) in [6, 6.07) is 1.15. The molecule has 1 aromatic rings. The summed E-state index contributed by atoms with van der Waals surface area (Å²) in [6.45, 7) is 1.88. The lowest BCUT2D eigenvalue weighted by Crippen LogP contribution is -2.27. The molecule has 9 heteroatoms. The highest BCUT2D eigenvalue weighted by Crippen LogP contribution is 2.41. The fraction of sp³-hybridized carbons (Fsp3) is 0.700. The van der Waals surface area contributed by atoms with Gasteiger partial charge in [0.2, 0.25) is 0 Å². The van der Waals surface area contributed by atoms with E-state index in [0.29, 0.717) is 18.6 Å². The number of alkyl halides is 7. The van der Waals surface area contributed by atoms with Gasteiger partial charge < -0.3 is 9.84 Å². The molecule has 1 N–H and O–H groups in total. The minimum Gasteiger partial charge on any atom is -0.493 e. The Labute approximate surface area is 171 Å². The molecule has 0 unspecified atom stereocenters. The van der Waals surface area contributed by atoms with Crippen LogP contribution in [0, 0.1) is 11.8 Å². The monoisotopic (exact) mass is 446 g/mol. The van der Waals surface area contributed by atoms with E-state index in [9.17, 15) is 31.4 Å². The molecule has 1 aliphatic carbocycles. The maximum absolute atomic E-state index is 13.0. The van der Waals surface area contributed by atoms with Crippen molar-refractivity contribution in [3.8, 4) is 5.75 Å². The molecule has 0 amide bonds. The number of aliphatic hydroxyl groups is 1. The Morgan fingerprint density at radius 2 is 1.55 bits per heavy atom. The van der Waals surface area contributed by atoms with Gasteiger partial charge in [-0.05, 0) is 37.0 Å². The van der Waals surface area contributed by atoms with Gasteiger partial charge in [-0.1, -0.05) is 32.6 Å². The predicted octanol–water partition coefficient (Wildman–Crippen LogP) is 6.68. The number of ether oxygens (including phenoxy) is 1. The first-order chi connectivity index (χ1) is 13.4. The summed E-state index contributed by atoms with van der Waals surface area (Å²) in [7, 11) is 0. The molecule has 0 saturated heterocycles. The predicted molar refractivity (Wildman–Crippen MR) is 97.9 cm³/mol. The van der Waals surface area contributed by atoms with Crippen molar-refractivity contribution >= 4 is 11.6 Å². The van der Waals surface area contributed by atoms with Crippen LogP contribution in [-0.2, 0) is 12.4 Å². The number of benzene rings is 1. The van der Waals surface area contributed by atoms with Crippen molar-refractivity contribution in [2.75, 3.05) is 6.61 Å². The number of unbranched alkanes of at least 4 members (excludes halogenated alkanes) is 3. The third-order valence-electron chi connectivity index (χ3n) is 5.37. The van der Waals surface area contributed by atoms with Crippen molar-refractivity contribution in [2.24, 2.45) is 11.8 Å². The third kappa shape index (κ3) is 6.67. The summed E-state index contributed by atoms with van der Waals surface area (Å²) in [6.07, 6.45) is -5.60. The van der Waals surface area contributed by atoms with Crippen LogP contribution in [0.1, 0.15) is 56.6 Å². The summed E-state index contributed by atoms with van der Waals surface area (Å²) >= 11 is 6.32. The molecule has 4 atom stereocenters. The third-order valence-corrected chi connectivity index (χ3v) is 5.87. The number of hydrogen-bond donors (Lipinski definition) is 1. The minimum atomic E-state index is -4.94. The first-order valence-electron chi connectivity index (χ1n) is 9.68. The van der Waals surface area contributed by atoms with Gasteiger partial charge in [-0.3, -0.25) is 0 Å². The Morgan fingerprint density at radius 1 is 0.966 bits per heavy atom. The molecule has 29 heavy (non-hydrogen) atoms. The second-order valence-corrected chi connectivity index (χ2v) is 8.11. The Kier molecular flexibility index (Phi) is 8.13. The van der Waals surface area contributed by atoms with Crippen LogP contribution in [0.2, 0.25) is 0 Å². The lowest BCUT2D eigenvalue weighted by atomic mass is 9.90. The molecule has 1 saturated carbocycles. The van der Waals surface area contributed by atoms with E-state index in [4.69, 9.17) is 16.3 Å². The highest BCUT2D eigenvalue weighted by molar-refractivity contribution is 6.21. The second-order valence-electron chi connectivity index (χ2n) is 7.55. The van der Waals surface area contributed by atoms with Crippen molar-refractivity contribution in [3.63, 3.8) is 0 Å². The Bertz CT molecular complexity index is 629. The van der Waals surface area contributed by atoms with Crippen molar-refractivity contribution in [1.29, 1.82) is 0 Å². The van der Waals surface area contributed by atoms with Crippen LogP contribution in [-0.4, -0.2) is 23.2 Å². The Balaban J connectivity index is 2.13. The van der Waals surface area contributed by atoms with Crippen LogP contribution in [0.3, 0.4) is 0 Å². The molecular formula is C20H25ClF6O2. The summed E-state index contributed by atoms with van der Waals surface area (Å²) < 4.78 is 83.2. The van der Waals surface area contributed by atoms with E-state index in [0.717, 1.165) is 32.1 Å². The van der Waals surface area contributed by atoms with Gasteiger partial charge in [0.25, 0.3) is 0 Å². The topological polar surface area (TPSA) is 29.5 Å². The van der Waals surface area contributed by atoms with Gasteiger partial charge in [-0.15, -0.1) is 11.6 Å².